The van der Waals surface area contributed by atoms with Crippen LogP contribution >= 0.6 is 0 Å². The predicted molar refractivity (Wildman–Crippen MR) is 53.8 cm³/mol. The first-order valence-electron chi connectivity index (χ1n) is 5.74. The minimum absolute atomic E-state index is 0.432. The zero-order valence-corrected chi connectivity index (χ0v) is 8.59. The van der Waals surface area contributed by atoms with Crippen LogP contribution in [0.4, 0.5) is 0 Å². The van der Waals surface area contributed by atoms with Gasteiger partial charge >= 0.3 is 0 Å². The lowest BCUT2D eigenvalue weighted by Crippen LogP contribution is -2.42. The van der Waals surface area contributed by atoms with Gasteiger partial charge in [0, 0.05) is 18.7 Å². The molecule has 0 radical (unpaired) electrons. The summed E-state index contributed by atoms with van der Waals surface area (Å²) in [5, 5.41) is 3.74. The maximum absolute atomic E-state index is 5.54. The van der Waals surface area contributed by atoms with Gasteiger partial charge in [0.25, 0.3) is 0 Å². The van der Waals surface area contributed by atoms with Crippen LogP contribution in [0.25, 0.3) is 0 Å². The molecule has 0 amide bonds. The molecule has 13 heavy (non-hydrogen) atoms. The Morgan fingerprint density at radius 2 is 1.85 bits per heavy atom. The summed E-state index contributed by atoms with van der Waals surface area (Å²) in [5.74, 6) is 0. The van der Waals surface area contributed by atoms with Crippen molar-refractivity contribution in [2.75, 3.05) is 6.61 Å². The lowest BCUT2D eigenvalue weighted by molar-refractivity contribution is 0.109. The molecule has 2 atom stereocenters. The van der Waals surface area contributed by atoms with Gasteiger partial charge in [-0.25, -0.2) is 0 Å². The summed E-state index contributed by atoms with van der Waals surface area (Å²) in [7, 11) is 0. The molecule has 2 rings (SSSR count). The zero-order chi connectivity index (χ0) is 9.10. The van der Waals surface area contributed by atoms with Gasteiger partial charge in [0.15, 0.2) is 0 Å². The molecule has 0 aromatic carbocycles. The maximum Gasteiger partial charge on any atom is 0.0700 e. The zero-order valence-electron chi connectivity index (χ0n) is 8.59. The Hall–Kier alpha value is -0.0800. The molecular formula is C11H21NO. The summed E-state index contributed by atoms with van der Waals surface area (Å²) in [6.07, 6.45) is 8.67. The van der Waals surface area contributed by atoms with E-state index in [1.54, 1.807) is 0 Å². The van der Waals surface area contributed by atoms with E-state index in [1.165, 1.54) is 38.5 Å². The minimum atomic E-state index is 0.432. The van der Waals surface area contributed by atoms with Crippen LogP contribution in [-0.4, -0.2) is 24.8 Å². The Morgan fingerprint density at radius 3 is 2.46 bits per heavy atom. The van der Waals surface area contributed by atoms with Crippen LogP contribution in [0.15, 0.2) is 0 Å². The normalized spacial score (nSPS) is 36.7. The average molecular weight is 183 g/mol. The Bertz CT molecular complexity index is 154. The van der Waals surface area contributed by atoms with E-state index in [2.05, 4.69) is 12.2 Å². The van der Waals surface area contributed by atoms with Crippen LogP contribution in [-0.2, 0) is 4.74 Å². The van der Waals surface area contributed by atoms with Crippen LogP contribution in [0.5, 0.6) is 0 Å². The number of nitrogens with one attached hydrogen (secondary N) is 1. The van der Waals surface area contributed by atoms with Gasteiger partial charge in [-0.3, -0.25) is 0 Å². The van der Waals surface area contributed by atoms with Gasteiger partial charge in [0.1, 0.15) is 0 Å². The van der Waals surface area contributed by atoms with Crippen LogP contribution in [0.2, 0.25) is 0 Å². The number of ether oxygens (including phenoxy) is 1. The highest BCUT2D eigenvalue weighted by molar-refractivity contribution is 4.84. The SMILES string of the molecule is C[C@@H]1OCC[C@H]1NC1CCCCC1. The quantitative estimate of drug-likeness (QED) is 0.707. The third-order valence-electron chi connectivity index (χ3n) is 3.43. The number of hydrogen-bond acceptors (Lipinski definition) is 2. The Morgan fingerprint density at radius 1 is 1.08 bits per heavy atom. The smallest absolute Gasteiger partial charge is 0.0700 e. The van der Waals surface area contributed by atoms with Crippen molar-refractivity contribution >= 4 is 0 Å². The fraction of sp³-hybridized carbons (Fsp3) is 1.00. The molecule has 2 aliphatic rings. The van der Waals surface area contributed by atoms with E-state index in [0.717, 1.165) is 12.6 Å². The maximum atomic E-state index is 5.54. The molecule has 2 nitrogen and oxygen atoms in total. The number of hydrogen-bond donors (Lipinski definition) is 1. The Labute approximate surface area is 81.0 Å². The molecule has 1 aliphatic heterocycles. The van der Waals surface area contributed by atoms with Gasteiger partial charge < -0.3 is 10.1 Å². The Kier molecular flexibility index (Phi) is 3.23. The molecule has 1 saturated carbocycles. The molecular weight excluding hydrogens is 162 g/mol. The van der Waals surface area contributed by atoms with Crippen molar-refractivity contribution in [2.45, 2.75) is 63.6 Å². The summed E-state index contributed by atoms with van der Waals surface area (Å²) in [4.78, 5) is 0. The molecule has 1 N–H and O–H groups in total. The molecule has 0 aromatic rings. The van der Waals surface area contributed by atoms with Crippen molar-refractivity contribution in [2.24, 2.45) is 0 Å². The molecule has 2 fully saturated rings. The summed E-state index contributed by atoms with van der Waals surface area (Å²) in [6.45, 7) is 3.14. The number of rotatable bonds is 2. The van der Waals surface area contributed by atoms with E-state index in [4.69, 9.17) is 4.74 Å². The molecule has 0 spiro atoms. The minimum Gasteiger partial charge on any atom is -0.377 e. The van der Waals surface area contributed by atoms with E-state index in [9.17, 15) is 0 Å². The van der Waals surface area contributed by atoms with Crippen molar-refractivity contribution in [1.82, 2.24) is 5.32 Å². The Balaban J connectivity index is 1.75. The third kappa shape index (κ3) is 2.44. The van der Waals surface area contributed by atoms with Crippen LogP contribution in [0.3, 0.4) is 0 Å². The second kappa shape index (κ2) is 4.43. The van der Waals surface area contributed by atoms with Gasteiger partial charge in [-0.1, -0.05) is 19.3 Å². The van der Waals surface area contributed by atoms with Gasteiger partial charge in [-0.05, 0) is 26.2 Å². The van der Waals surface area contributed by atoms with Gasteiger partial charge in [-0.15, -0.1) is 0 Å². The monoisotopic (exact) mass is 183 g/mol. The van der Waals surface area contributed by atoms with Crippen LogP contribution < -0.4 is 5.32 Å². The molecule has 0 aromatic heterocycles. The average Bonchev–Trinajstić information content (AvgIpc) is 2.54. The van der Waals surface area contributed by atoms with Gasteiger partial charge in [0.05, 0.1) is 6.10 Å². The molecule has 0 unspecified atom stereocenters. The highest BCUT2D eigenvalue weighted by atomic mass is 16.5. The van der Waals surface area contributed by atoms with Crippen molar-refractivity contribution in [1.29, 1.82) is 0 Å². The summed E-state index contributed by atoms with van der Waals surface area (Å²) >= 11 is 0. The van der Waals surface area contributed by atoms with Crippen LogP contribution in [0, 0.1) is 0 Å². The second-order valence-electron chi connectivity index (χ2n) is 4.47. The second-order valence-corrected chi connectivity index (χ2v) is 4.47. The first-order valence-corrected chi connectivity index (χ1v) is 5.74. The van der Waals surface area contributed by atoms with Gasteiger partial charge in [-0.2, -0.15) is 0 Å². The first kappa shape index (κ1) is 9.47. The van der Waals surface area contributed by atoms with E-state index in [-0.39, 0.29) is 0 Å². The molecule has 1 heterocycles. The predicted octanol–water partition coefficient (Wildman–Crippen LogP) is 2.09. The highest BCUT2D eigenvalue weighted by Gasteiger charge is 2.26. The van der Waals surface area contributed by atoms with E-state index in [1.807, 2.05) is 0 Å². The summed E-state index contributed by atoms with van der Waals surface area (Å²) in [5.41, 5.74) is 0. The fourth-order valence-corrected chi connectivity index (χ4v) is 2.52. The molecule has 1 aliphatic carbocycles. The van der Waals surface area contributed by atoms with E-state index >= 15 is 0 Å². The highest BCUT2D eigenvalue weighted by Crippen LogP contribution is 2.21. The van der Waals surface area contributed by atoms with Crippen molar-refractivity contribution in [3.8, 4) is 0 Å². The lowest BCUT2D eigenvalue weighted by Gasteiger charge is -2.27. The van der Waals surface area contributed by atoms with Crippen molar-refractivity contribution < 1.29 is 4.74 Å². The fourth-order valence-electron chi connectivity index (χ4n) is 2.52. The standard InChI is InChI=1S/C11H21NO/c1-9-11(7-8-13-9)12-10-5-3-2-4-6-10/h9-12H,2-8H2,1H3/t9-,11+/m0/s1. The van der Waals surface area contributed by atoms with Crippen molar-refractivity contribution in [3.63, 3.8) is 0 Å². The van der Waals surface area contributed by atoms with E-state index < -0.39 is 0 Å². The lowest BCUT2D eigenvalue weighted by atomic mass is 9.94. The molecule has 76 valence electrons. The molecule has 1 saturated heterocycles. The van der Waals surface area contributed by atoms with Crippen LogP contribution in [0.1, 0.15) is 45.4 Å². The van der Waals surface area contributed by atoms with E-state index in [0.29, 0.717) is 12.1 Å². The molecule has 2 heteroatoms. The topological polar surface area (TPSA) is 21.3 Å². The summed E-state index contributed by atoms with van der Waals surface area (Å²) < 4.78 is 5.54. The first-order chi connectivity index (χ1) is 6.36. The largest absolute Gasteiger partial charge is 0.377 e. The summed E-state index contributed by atoms with van der Waals surface area (Å²) in [6, 6.07) is 1.41. The van der Waals surface area contributed by atoms with Gasteiger partial charge in [0.2, 0.25) is 0 Å². The van der Waals surface area contributed by atoms with Crippen molar-refractivity contribution in [3.05, 3.63) is 0 Å². The molecule has 0 bridgehead atoms. The third-order valence-corrected chi connectivity index (χ3v) is 3.43.